The number of aliphatic hydroxyl groups excluding tert-OH is 1. The quantitative estimate of drug-likeness (QED) is 0.865. The smallest absolute Gasteiger partial charge is 0.409 e. The first-order valence-electron chi connectivity index (χ1n) is 10.2. The van der Waals surface area contributed by atoms with Crippen LogP contribution in [0.4, 0.5) is 4.79 Å². The zero-order valence-electron chi connectivity index (χ0n) is 16.4. The molecule has 2 aromatic carbocycles. The maximum Gasteiger partial charge on any atom is 0.409 e. The van der Waals surface area contributed by atoms with Gasteiger partial charge in [-0.1, -0.05) is 55.5 Å². The van der Waals surface area contributed by atoms with Crippen molar-refractivity contribution in [2.24, 2.45) is 0 Å². The average Bonchev–Trinajstić information content (AvgIpc) is 3.07. The maximum atomic E-state index is 12.6. The minimum absolute atomic E-state index is 0.0940. The molecule has 0 bridgehead atoms. The molecule has 5 heteroatoms. The van der Waals surface area contributed by atoms with Gasteiger partial charge in [-0.15, -0.1) is 0 Å². The number of rotatable bonds is 5. The van der Waals surface area contributed by atoms with Gasteiger partial charge in [0.15, 0.2) is 0 Å². The Morgan fingerprint density at radius 2 is 1.61 bits per heavy atom. The highest BCUT2D eigenvalue weighted by molar-refractivity contribution is 5.79. The Bertz CT molecular complexity index is 781. The molecular formula is C23H28N2O3. The van der Waals surface area contributed by atoms with E-state index >= 15 is 0 Å². The summed E-state index contributed by atoms with van der Waals surface area (Å²) in [6.07, 6.45) is 0.681. The van der Waals surface area contributed by atoms with E-state index in [1.54, 1.807) is 4.90 Å². The van der Waals surface area contributed by atoms with Gasteiger partial charge < -0.3 is 14.7 Å². The topological polar surface area (TPSA) is 53.0 Å². The van der Waals surface area contributed by atoms with Gasteiger partial charge in [-0.25, -0.2) is 4.79 Å². The fourth-order valence-corrected chi connectivity index (χ4v) is 4.46. The van der Waals surface area contributed by atoms with Crippen LogP contribution in [0, 0.1) is 0 Å². The standard InChI is InChI=1S/C23H28N2O3/c1-2-17(15-26)24-11-13-25(14-12-24)23(27)28-16-22-20-9-5-3-7-18(20)19-8-4-6-10-21(19)22/h3-10,17,22,26H,2,11-16H2,1H3. The highest BCUT2D eigenvalue weighted by Gasteiger charge is 2.30. The lowest BCUT2D eigenvalue weighted by Gasteiger charge is -2.38. The molecule has 5 nitrogen and oxygen atoms in total. The largest absolute Gasteiger partial charge is 0.448 e. The van der Waals surface area contributed by atoms with Crippen LogP contribution in [0.25, 0.3) is 11.1 Å². The molecule has 1 amide bonds. The first kappa shape index (κ1) is 19.0. The van der Waals surface area contributed by atoms with Crippen LogP contribution in [0.2, 0.25) is 0 Å². The number of hydrogen-bond donors (Lipinski definition) is 1. The number of amides is 1. The molecule has 28 heavy (non-hydrogen) atoms. The molecule has 1 aliphatic heterocycles. The van der Waals surface area contributed by atoms with Gasteiger partial charge in [-0.2, -0.15) is 0 Å². The van der Waals surface area contributed by atoms with E-state index in [1.165, 1.54) is 22.3 Å². The van der Waals surface area contributed by atoms with Gasteiger partial charge in [-0.3, -0.25) is 4.90 Å². The lowest BCUT2D eigenvalue weighted by atomic mass is 9.98. The Hall–Kier alpha value is -2.37. The van der Waals surface area contributed by atoms with Crippen LogP contribution in [0.5, 0.6) is 0 Å². The molecule has 1 atom stereocenters. The lowest BCUT2D eigenvalue weighted by Crippen LogP contribution is -2.52. The molecule has 0 radical (unpaired) electrons. The van der Waals surface area contributed by atoms with Crippen molar-refractivity contribution in [1.29, 1.82) is 0 Å². The number of carbonyl (C=O) groups is 1. The third-order valence-electron chi connectivity index (χ3n) is 6.11. The normalized spacial score (nSPS) is 17.9. The van der Waals surface area contributed by atoms with Crippen LogP contribution in [-0.4, -0.2) is 66.4 Å². The first-order valence-corrected chi connectivity index (χ1v) is 10.2. The highest BCUT2D eigenvalue weighted by atomic mass is 16.6. The summed E-state index contributed by atoms with van der Waals surface area (Å²) >= 11 is 0. The average molecular weight is 380 g/mol. The summed E-state index contributed by atoms with van der Waals surface area (Å²) in [6, 6.07) is 16.9. The SMILES string of the molecule is CCC(CO)N1CCN(C(=O)OCC2c3ccccc3-c3ccccc32)CC1. The van der Waals surface area contributed by atoms with Crippen molar-refractivity contribution < 1.29 is 14.6 Å². The number of ether oxygens (including phenoxy) is 1. The molecule has 1 saturated heterocycles. The van der Waals surface area contributed by atoms with Crippen molar-refractivity contribution in [2.75, 3.05) is 39.4 Å². The molecule has 0 spiro atoms. The monoisotopic (exact) mass is 380 g/mol. The van der Waals surface area contributed by atoms with Gasteiger partial charge in [0.1, 0.15) is 6.61 Å². The predicted octanol–water partition coefficient (Wildman–Crippen LogP) is 3.32. The summed E-state index contributed by atoms with van der Waals surface area (Å²) < 4.78 is 5.75. The van der Waals surface area contributed by atoms with Gasteiger partial charge in [0.25, 0.3) is 0 Å². The Balaban J connectivity index is 1.38. The van der Waals surface area contributed by atoms with E-state index in [-0.39, 0.29) is 24.7 Å². The second-order valence-electron chi connectivity index (χ2n) is 7.57. The Kier molecular flexibility index (Phi) is 5.64. The number of fused-ring (bicyclic) bond motifs is 3. The Morgan fingerprint density at radius 3 is 2.14 bits per heavy atom. The molecule has 1 heterocycles. The molecule has 1 N–H and O–H groups in total. The van der Waals surface area contributed by atoms with E-state index in [4.69, 9.17) is 4.74 Å². The van der Waals surface area contributed by atoms with Crippen molar-refractivity contribution in [2.45, 2.75) is 25.3 Å². The molecule has 0 saturated carbocycles. The van der Waals surface area contributed by atoms with E-state index in [0.717, 1.165) is 19.5 Å². The minimum Gasteiger partial charge on any atom is -0.448 e. The molecule has 0 aromatic heterocycles. The van der Waals surface area contributed by atoms with Crippen LogP contribution in [0.15, 0.2) is 48.5 Å². The fraction of sp³-hybridized carbons (Fsp3) is 0.435. The van der Waals surface area contributed by atoms with E-state index in [2.05, 4.69) is 48.2 Å². The Labute approximate surface area is 166 Å². The lowest BCUT2D eigenvalue weighted by molar-refractivity contribution is 0.0476. The molecule has 4 rings (SSSR count). The van der Waals surface area contributed by atoms with E-state index in [0.29, 0.717) is 19.7 Å². The molecule has 1 unspecified atom stereocenters. The number of hydrogen-bond acceptors (Lipinski definition) is 4. The van der Waals surface area contributed by atoms with Crippen LogP contribution in [0.3, 0.4) is 0 Å². The molecule has 148 valence electrons. The third-order valence-corrected chi connectivity index (χ3v) is 6.11. The van der Waals surface area contributed by atoms with Gasteiger partial charge in [0, 0.05) is 38.1 Å². The van der Waals surface area contributed by atoms with Crippen molar-refractivity contribution in [3.05, 3.63) is 59.7 Å². The molecule has 2 aliphatic rings. The highest BCUT2D eigenvalue weighted by Crippen LogP contribution is 2.44. The number of nitrogens with zero attached hydrogens (tertiary/aromatic N) is 2. The third kappa shape index (κ3) is 3.52. The predicted molar refractivity (Wildman–Crippen MR) is 109 cm³/mol. The van der Waals surface area contributed by atoms with Gasteiger partial charge in [0.05, 0.1) is 6.61 Å². The first-order chi connectivity index (χ1) is 13.7. The summed E-state index contributed by atoms with van der Waals surface area (Å²) in [5.74, 6) is 0.0940. The van der Waals surface area contributed by atoms with Gasteiger partial charge in [0.2, 0.25) is 0 Å². The van der Waals surface area contributed by atoms with Crippen LogP contribution >= 0.6 is 0 Å². The van der Waals surface area contributed by atoms with E-state index in [1.807, 2.05) is 12.1 Å². The fourth-order valence-electron chi connectivity index (χ4n) is 4.46. The zero-order valence-corrected chi connectivity index (χ0v) is 16.4. The Morgan fingerprint density at radius 1 is 1.04 bits per heavy atom. The van der Waals surface area contributed by atoms with Crippen molar-refractivity contribution in [3.63, 3.8) is 0 Å². The van der Waals surface area contributed by atoms with E-state index in [9.17, 15) is 9.90 Å². The second-order valence-corrected chi connectivity index (χ2v) is 7.57. The molecule has 2 aromatic rings. The van der Waals surface area contributed by atoms with Gasteiger partial charge in [-0.05, 0) is 28.7 Å². The number of benzene rings is 2. The van der Waals surface area contributed by atoms with Crippen molar-refractivity contribution >= 4 is 6.09 Å². The summed E-state index contributed by atoms with van der Waals surface area (Å²) in [6.45, 7) is 5.47. The van der Waals surface area contributed by atoms with Crippen LogP contribution in [-0.2, 0) is 4.74 Å². The van der Waals surface area contributed by atoms with E-state index < -0.39 is 0 Å². The number of aliphatic hydroxyl groups is 1. The van der Waals surface area contributed by atoms with Crippen molar-refractivity contribution in [1.82, 2.24) is 9.80 Å². The number of carbonyl (C=O) groups excluding carboxylic acids is 1. The minimum atomic E-state index is -0.237. The molecule has 1 aliphatic carbocycles. The molecular weight excluding hydrogens is 352 g/mol. The summed E-state index contributed by atoms with van der Waals surface area (Å²) in [4.78, 5) is 16.7. The second kappa shape index (κ2) is 8.33. The van der Waals surface area contributed by atoms with Crippen molar-refractivity contribution in [3.8, 4) is 11.1 Å². The van der Waals surface area contributed by atoms with Crippen LogP contribution in [0.1, 0.15) is 30.4 Å². The maximum absolute atomic E-state index is 12.6. The summed E-state index contributed by atoms with van der Waals surface area (Å²) in [5, 5.41) is 9.47. The number of piperazine rings is 1. The van der Waals surface area contributed by atoms with Crippen LogP contribution < -0.4 is 0 Å². The zero-order chi connectivity index (χ0) is 19.5. The summed E-state index contributed by atoms with van der Waals surface area (Å²) in [5.41, 5.74) is 4.94. The molecule has 1 fully saturated rings. The summed E-state index contributed by atoms with van der Waals surface area (Å²) in [7, 11) is 0. The van der Waals surface area contributed by atoms with Gasteiger partial charge >= 0.3 is 6.09 Å².